The summed E-state index contributed by atoms with van der Waals surface area (Å²) in [5.74, 6) is -0.0381. The van der Waals surface area contributed by atoms with Crippen LogP contribution in [0.3, 0.4) is 0 Å². The number of carbonyl (C=O) groups is 2. The van der Waals surface area contributed by atoms with E-state index in [4.69, 9.17) is 4.74 Å². The van der Waals surface area contributed by atoms with Gasteiger partial charge in [-0.3, -0.25) is 4.79 Å². The van der Waals surface area contributed by atoms with Crippen molar-refractivity contribution in [1.29, 1.82) is 0 Å². The molecule has 2 atom stereocenters. The molecule has 0 aliphatic carbocycles. The zero-order valence-electron chi connectivity index (χ0n) is 15.5. The largest absolute Gasteiger partial charge is 0.446 e. The Morgan fingerprint density at radius 2 is 1.73 bits per heavy atom. The number of rotatable bonds is 5. The normalized spacial score (nSPS) is 18.1. The smallest absolute Gasteiger partial charge is 0.417 e. The molecular formula is C22H25NO3. The van der Waals surface area contributed by atoms with Gasteiger partial charge in [0.2, 0.25) is 5.91 Å². The quantitative estimate of drug-likeness (QED) is 0.784. The van der Waals surface area contributed by atoms with Crippen LogP contribution in [-0.2, 0) is 16.0 Å². The Hall–Kier alpha value is -2.62. The minimum atomic E-state index is -0.563. The van der Waals surface area contributed by atoms with E-state index in [0.29, 0.717) is 5.92 Å². The van der Waals surface area contributed by atoms with Crippen molar-refractivity contribution in [3.63, 3.8) is 0 Å². The molecule has 4 heteroatoms. The molecule has 1 heterocycles. The Morgan fingerprint density at radius 1 is 1.08 bits per heavy atom. The second-order valence-electron chi connectivity index (χ2n) is 7.27. The molecule has 1 fully saturated rings. The molecule has 3 rings (SSSR count). The fourth-order valence-corrected chi connectivity index (χ4v) is 3.35. The first kappa shape index (κ1) is 18.2. The third-order valence-electron chi connectivity index (χ3n) is 4.79. The lowest BCUT2D eigenvalue weighted by Crippen LogP contribution is -2.37. The van der Waals surface area contributed by atoms with E-state index in [1.807, 2.05) is 49.4 Å². The first-order chi connectivity index (χ1) is 12.5. The second-order valence-corrected chi connectivity index (χ2v) is 7.27. The van der Waals surface area contributed by atoms with Crippen LogP contribution in [0.2, 0.25) is 0 Å². The van der Waals surface area contributed by atoms with Crippen molar-refractivity contribution in [3.8, 4) is 0 Å². The number of hydrogen-bond donors (Lipinski definition) is 0. The zero-order valence-corrected chi connectivity index (χ0v) is 15.5. The number of amides is 2. The maximum Gasteiger partial charge on any atom is 0.417 e. The summed E-state index contributed by atoms with van der Waals surface area (Å²) in [5.41, 5.74) is 3.08. The van der Waals surface area contributed by atoms with Crippen molar-refractivity contribution >= 4 is 12.0 Å². The van der Waals surface area contributed by atoms with Crippen molar-refractivity contribution in [2.24, 2.45) is 5.92 Å². The summed E-state index contributed by atoms with van der Waals surface area (Å²) in [6.45, 7) is 6.41. The van der Waals surface area contributed by atoms with E-state index in [2.05, 4.69) is 26.0 Å². The summed E-state index contributed by atoms with van der Waals surface area (Å²) in [7, 11) is 0. The molecule has 0 bridgehead atoms. The topological polar surface area (TPSA) is 46.6 Å². The van der Waals surface area contributed by atoms with Gasteiger partial charge in [-0.1, -0.05) is 68.4 Å². The van der Waals surface area contributed by atoms with Crippen LogP contribution in [0.25, 0.3) is 0 Å². The first-order valence-corrected chi connectivity index (χ1v) is 9.11. The van der Waals surface area contributed by atoms with E-state index in [-0.39, 0.29) is 18.6 Å². The number of carbonyl (C=O) groups excluding carboxylic acids is 2. The highest BCUT2D eigenvalue weighted by molar-refractivity contribution is 5.97. The van der Waals surface area contributed by atoms with Gasteiger partial charge < -0.3 is 4.74 Å². The molecule has 0 aromatic heterocycles. The molecule has 1 saturated heterocycles. The van der Waals surface area contributed by atoms with Gasteiger partial charge in [-0.05, 0) is 36.0 Å². The van der Waals surface area contributed by atoms with Crippen LogP contribution in [0.1, 0.15) is 49.4 Å². The van der Waals surface area contributed by atoms with E-state index in [1.165, 1.54) is 10.5 Å². The van der Waals surface area contributed by atoms with Crippen molar-refractivity contribution in [3.05, 3.63) is 71.3 Å². The van der Waals surface area contributed by atoms with Gasteiger partial charge in [0.25, 0.3) is 0 Å². The van der Waals surface area contributed by atoms with Gasteiger partial charge in [-0.2, -0.15) is 0 Å². The molecule has 2 amide bonds. The number of benzene rings is 2. The van der Waals surface area contributed by atoms with Crippen LogP contribution in [0.15, 0.2) is 54.6 Å². The average Bonchev–Trinajstić information content (AvgIpc) is 3.03. The predicted molar refractivity (Wildman–Crippen MR) is 101 cm³/mol. The van der Waals surface area contributed by atoms with Gasteiger partial charge in [0, 0.05) is 0 Å². The van der Waals surface area contributed by atoms with Crippen LogP contribution in [0.4, 0.5) is 4.79 Å². The highest BCUT2D eigenvalue weighted by Crippen LogP contribution is 2.31. The Labute approximate surface area is 154 Å². The molecule has 0 saturated carbocycles. The fourth-order valence-electron chi connectivity index (χ4n) is 3.35. The highest BCUT2D eigenvalue weighted by atomic mass is 16.6. The van der Waals surface area contributed by atoms with Crippen LogP contribution >= 0.6 is 0 Å². The molecule has 1 aliphatic heterocycles. The summed E-state index contributed by atoms with van der Waals surface area (Å²) in [5, 5.41) is 0. The number of hydrogen-bond acceptors (Lipinski definition) is 3. The van der Waals surface area contributed by atoms with Gasteiger partial charge >= 0.3 is 6.09 Å². The number of nitrogens with zero attached hydrogens (tertiary/aromatic N) is 1. The minimum absolute atomic E-state index is 0.203. The van der Waals surface area contributed by atoms with Gasteiger partial charge in [-0.25, -0.2) is 9.69 Å². The van der Waals surface area contributed by atoms with E-state index in [0.717, 1.165) is 17.5 Å². The molecular weight excluding hydrogens is 326 g/mol. The molecule has 136 valence electrons. The van der Waals surface area contributed by atoms with Crippen molar-refractivity contribution in [1.82, 2.24) is 4.90 Å². The second kappa shape index (κ2) is 7.73. The molecule has 1 aliphatic rings. The fraction of sp³-hybridized carbons (Fsp3) is 0.364. The van der Waals surface area contributed by atoms with E-state index >= 15 is 0 Å². The molecule has 0 spiro atoms. The first-order valence-electron chi connectivity index (χ1n) is 9.11. The molecule has 26 heavy (non-hydrogen) atoms. The van der Waals surface area contributed by atoms with E-state index in [1.54, 1.807) is 0 Å². The summed E-state index contributed by atoms with van der Waals surface area (Å²) < 4.78 is 5.17. The van der Waals surface area contributed by atoms with Gasteiger partial charge in [0.05, 0.1) is 5.92 Å². The SMILES string of the molecule is CC(C)Cc1ccc([C@H](C)C(=O)N2C(=O)OC[C@H]2c2ccccc2)cc1. The standard InChI is InChI=1S/C22H25NO3/c1-15(2)13-17-9-11-18(12-10-17)16(3)21(24)23-20(14-26-22(23)25)19-7-5-4-6-8-19/h4-12,15-16,20H,13-14H2,1-3H3/t16-,20-/m0/s1. The Balaban J connectivity index is 1.79. The number of cyclic esters (lactones) is 1. The van der Waals surface area contributed by atoms with Crippen LogP contribution < -0.4 is 0 Å². The average molecular weight is 351 g/mol. The summed E-state index contributed by atoms with van der Waals surface area (Å²) in [6, 6.07) is 17.3. The molecule has 0 unspecified atom stereocenters. The lowest BCUT2D eigenvalue weighted by atomic mass is 9.95. The van der Waals surface area contributed by atoms with Crippen molar-refractivity contribution < 1.29 is 14.3 Å². The maximum atomic E-state index is 13.0. The zero-order chi connectivity index (χ0) is 18.7. The maximum absolute atomic E-state index is 13.0. The van der Waals surface area contributed by atoms with Crippen LogP contribution in [-0.4, -0.2) is 23.5 Å². The monoisotopic (exact) mass is 351 g/mol. The van der Waals surface area contributed by atoms with E-state index in [9.17, 15) is 9.59 Å². The summed E-state index contributed by atoms with van der Waals surface area (Å²) >= 11 is 0. The molecule has 0 N–H and O–H groups in total. The Bertz CT molecular complexity index is 768. The van der Waals surface area contributed by atoms with Crippen molar-refractivity contribution in [2.45, 2.75) is 39.2 Å². The van der Waals surface area contributed by atoms with Gasteiger partial charge in [-0.15, -0.1) is 0 Å². The third kappa shape index (κ3) is 3.79. The highest BCUT2D eigenvalue weighted by Gasteiger charge is 2.40. The summed E-state index contributed by atoms with van der Waals surface area (Å²) in [4.78, 5) is 26.5. The lowest BCUT2D eigenvalue weighted by molar-refractivity contribution is -0.130. The number of ether oxygens (including phenoxy) is 1. The van der Waals surface area contributed by atoms with Crippen LogP contribution in [0.5, 0.6) is 0 Å². The number of imide groups is 1. The summed E-state index contributed by atoms with van der Waals surface area (Å²) in [6.07, 6.45) is 0.448. The molecule has 2 aromatic rings. The van der Waals surface area contributed by atoms with E-state index < -0.39 is 12.0 Å². The predicted octanol–water partition coefficient (Wildman–Crippen LogP) is 4.71. The minimum Gasteiger partial charge on any atom is -0.446 e. The molecule has 0 radical (unpaired) electrons. The molecule has 4 nitrogen and oxygen atoms in total. The molecule has 2 aromatic carbocycles. The van der Waals surface area contributed by atoms with Crippen LogP contribution in [0, 0.1) is 5.92 Å². The van der Waals surface area contributed by atoms with Crippen molar-refractivity contribution in [2.75, 3.05) is 6.61 Å². The van der Waals surface area contributed by atoms with Gasteiger partial charge in [0.1, 0.15) is 12.6 Å². The third-order valence-corrected chi connectivity index (χ3v) is 4.79. The Kier molecular flexibility index (Phi) is 5.40. The lowest BCUT2D eigenvalue weighted by Gasteiger charge is -2.23. The van der Waals surface area contributed by atoms with Gasteiger partial charge in [0.15, 0.2) is 0 Å². The Morgan fingerprint density at radius 3 is 2.35 bits per heavy atom.